The van der Waals surface area contributed by atoms with E-state index in [0.717, 1.165) is 43.2 Å². The summed E-state index contributed by atoms with van der Waals surface area (Å²) in [6.07, 6.45) is 12.1. The number of nitrogens with zero attached hydrogens (tertiary/aromatic N) is 5. The Bertz CT molecular complexity index is 1580. The van der Waals surface area contributed by atoms with Crippen LogP contribution in [0.3, 0.4) is 0 Å². The third kappa shape index (κ3) is 7.13. The summed E-state index contributed by atoms with van der Waals surface area (Å²) in [7, 11) is -0.0667. The zero-order valence-corrected chi connectivity index (χ0v) is 24.8. The molecule has 42 heavy (non-hydrogen) atoms. The first-order valence-electron chi connectivity index (χ1n) is 14.0. The smallest absolute Gasteiger partial charge is 0.264 e. The van der Waals surface area contributed by atoms with Crippen LogP contribution in [0.5, 0.6) is 0 Å². The molecule has 0 bridgehead atoms. The SMILES string of the molecule is CN1CCN(C(=O)c2ccc(NC3=NCC=CC(CC4=CC=C(S(=O)(=O)N(C)c5ccccc5)C=CC4)=N3)cc2)CC1. The third-order valence-corrected chi connectivity index (χ3v) is 9.22. The predicted octanol–water partition coefficient (Wildman–Crippen LogP) is 4.48. The quantitative estimate of drug-likeness (QED) is 0.518. The van der Waals surface area contributed by atoms with Crippen LogP contribution in [-0.2, 0) is 10.0 Å². The summed E-state index contributed by atoms with van der Waals surface area (Å²) in [5, 5.41) is 3.27. The van der Waals surface area contributed by atoms with Crippen LogP contribution in [0.4, 0.5) is 11.4 Å². The number of piperazine rings is 1. The van der Waals surface area contributed by atoms with E-state index in [-0.39, 0.29) is 10.8 Å². The van der Waals surface area contributed by atoms with Crippen LogP contribution in [0.1, 0.15) is 23.2 Å². The summed E-state index contributed by atoms with van der Waals surface area (Å²) in [4.78, 5) is 26.5. The molecule has 0 spiro atoms. The molecular weight excluding hydrogens is 548 g/mol. The zero-order chi connectivity index (χ0) is 29.5. The standard InChI is InChI=1S/C32H36N6O3S/c1-36-20-22-38(23-21-36)31(39)26-14-16-27(17-15-26)34-32-33-19-7-9-28(35-32)24-25-8-6-12-30(18-13-25)42(40,41)37(2)29-10-4-3-5-11-29/h3-7,9-18H,8,19-24H2,1-2H3,(H,33,34). The average Bonchev–Trinajstić information content (AvgIpc) is 3.38. The van der Waals surface area contributed by atoms with Crippen molar-refractivity contribution in [1.82, 2.24) is 9.80 Å². The van der Waals surface area contributed by atoms with E-state index in [1.54, 1.807) is 31.3 Å². The molecule has 1 fully saturated rings. The molecule has 3 aliphatic rings. The van der Waals surface area contributed by atoms with Crippen molar-refractivity contribution in [3.63, 3.8) is 0 Å². The van der Waals surface area contributed by atoms with E-state index in [2.05, 4.69) is 22.3 Å². The number of hydrogen-bond acceptors (Lipinski definition) is 7. The van der Waals surface area contributed by atoms with Crippen LogP contribution in [0.25, 0.3) is 0 Å². The number of carbonyl (C=O) groups excluding carboxylic acids is 1. The van der Waals surface area contributed by atoms with Crippen LogP contribution in [0.15, 0.2) is 112 Å². The van der Waals surface area contributed by atoms with Gasteiger partial charge in [0.2, 0.25) is 5.96 Å². The fourth-order valence-corrected chi connectivity index (χ4v) is 6.06. The van der Waals surface area contributed by atoms with Crippen molar-refractivity contribution < 1.29 is 13.2 Å². The number of allylic oxidation sites excluding steroid dienone is 6. The van der Waals surface area contributed by atoms with Gasteiger partial charge in [0.25, 0.3) is 15.9 Å². The Labute approximate surface area is 248 Å². The Morgan fingerprint density at radius 1 is 0.952 bits per heavy atom. The van der Waals surface area contributed by atoms with E-state index in [1.165, 1.54) is 4.31 Å². The van der Waals surface area contributed by atoms with Crippen molar-refractivity contribution >= 4 is 39.0 Å². The third-order valence-electron chi connectivity index (χ3n) is 7.42. The molecule has 218 valence electrons. The molecule has 1 aliphatic carbocycles. The summed E-state index contributed by atoms with van der Waals surface area (Å²) >= 11 is 0. The second-order valence-corrected chi connectivity index (χ2v) is 12.4. The number of rotatable bonds is 7. The van der Waals surface area contributed by atoms with Gasteiger partial charge in [0.15, 0.2) is 0 Å². The van der Waals surface area contributed by atoms with E-state index >= 15 is 0 Å². The number of anilines is 2. The van der Waals surface area contributed by atoms with Gasteiger partial charge in [-0.3, -0.25) is 9.10 Å². The van der Waals surface area contributed by atoms with E-state index in [4.69, 9.17) is 4.99 Å². The van der Waals surface area contributed by atoms with Crippen molar-refractivity contribution in [1.29, 1.82) is 0 Å². The first-order chi connectivity index (χ1) is 20.3. The Morgan fingerprint density at radius 2 is 1.69 bits per heavy atom. The molecule has 9 nitrogen and oxygen atoms in total. The summed E-state index contributed by atoms with van der Waals surface area (Å²) in [5.41, 5.74) is 3.92. The average molecular weight is 585 g/mol. The molecule has 0 unspecified atom stereocenters. The van der Waals surface area contributed by atoms with Crippen molar-refractivity contribution in [2.45, 2.75) is 12.8 Å². The highest BCUT2D eigenvalue weighted by Gasteiger charge is 2.23. The van der Waals surface area contributed by atoms with Gasteiger partial charge in [-0.1, -0.05) is 42.0 Å². The molecule has 2 aromatic rings. The molecule has 0 atom stereocenters. The molecule has 5 rings (SSSR count). The molecule has 0 saturated carbocycles. The van der Waals surface area contributed by atoms with Gasteiger partial charge in [-0.15, -0.1) is 0 Å². The number of amides is 1. The van der Waals surface area contributed by atoms with Gasteiger partial charge >= 0.3 is 0 Å². The second-order valence-electron chi connectivity index (χ2n) is 10.5. The van der Waals surface area contributed by atoms with Gasteiger partial charge in [0.05, 0.1) is 17.1 Å². The predicted molar refractivity (Wildman–Crippen MR) is 171 cm³/mol. The maximum Gasteiger partial charge on any atom is 0.264 e. The fourth-order valence-electron chi connectivity index (χ4n) is 4.84. The van der Waals surface area contributed by atoms with Crippen LogP contribution >= 0.6 is 0 Å². The van der Waals surface area contributed by atoms with Gasteiger partial charge in [-0.05, 0) is 68.1 Å². The van der Waals surface area contributed by atoms with E-state index < -0.39 is 10.0 Å². The second kappa shape index (κ2) is 13.1. The summed E-state index contributed by atoms with van der Waals surface area (Å²) in [6.45, 7) is 3.73. The first kappa shape index (κ1) is 29.2. The summed E-state index contributed by atoms with van der Waals surface area (Å²) in [5.74, 6) is 0.537. The number of carbonyl (C=O) groups is 1. The molecule has 10 heteroatoms. The number of hydrogen-bond donors (Lipinski definition) is 1. The van der Waals surface area contributed by atoms with Crippen molar-refractivity contribution in [3.8, 4) is 0 Å². The van der Waals surface area contributed by atoms with E-state index in [9.17, 15) is 13.2 Å². The van der Waals surface area contributed by atoms with E-state index in [1.807, 2.05) is 71.7 Å². The lowest BCUT2D eigenvalue weighted by Crippen LogP contribution is -2.47. The highest BCUT2D eigenvalue weighted by molar-refractivity contribution is 7.96. The highest BCUT2D eigenvalue weighted by atomic mass is 32.2. The summed E-state index contributed by atoms with van der Waals surface area (Å²) in [6, 6.07) is 16.4. The fraction of sp³-hybridized carbons (Fsp3) is 0.281. The van der Waals surface area contributed by atoms with Gasteiger partial charge in [-0.25, -0.2) is 18.4 Å². The maximum atomic E-state index is 13.2. The number of guanidine groups is 1. The maximum absolute atomic E-state index is 13.2. The lowest BCUT2D eigenvalue weighted by atomic mass is 10.1. The number of para-hydroxylation sites is 1. The van der Waals surface area contributed by atoms with Gasteiger partial charge in [-0.2, -0.15) is 0 Å². The van der Waals surface area contributed by atoms with Crippen LogP contribution in [-0.4, -0.2) is 82.6 Å². The number of nitrogens with one attached hydrogen (secondary N) is 1. The number of benzene rings is 2. The Hall–Kier alpha value is -4.28. The minimum atomic E-state index is -3.70. The van der Waals surface area contributed by atoms with Gasteiger partial charge < -0.3 is 15.1 Å². The molecule has 0 aromatic heterocycles. The molecule has 1 N–H and O–H groups in total. The Balaban J connectivity index is 1.24. The van der Waals surface area contributed by atoms with Crippen LogP contribution in [0, 0.1) is 0 Å². The Kier molecular flexibility index (Phi) is 9.14. The monoisotopic (exact) mass is 584 g/mol. The number of likely N-dealkylation sites (N-methyl/N-ethyl adjacent to an activating group) is 1. The molecule has 2 aliphatic heterocycles. The van der Waals surface area contributed by atoms with Crippen molar-refractivity contribution in [3.05, 3.63) is 107 Å². The lowest BCUT2D eigenvalue weighted by Gasteiger charge is -2.32. The minimum absolute atomic E-state index is 0.0495. The zero-order valence-electron chi connectivity index (χ0n) is 24.0. The van der Waals surface area contributed by atoms with Crippen molar-refractivity contribution in [2.24, 2.45) is 9.98 Å². The largest absolute Gasteiger partial charge is 0.336 e. The van der Waals surface area contributed by atoms with Gasteiger partial charge in [0.1, 0.15) is 0 Å². The Morgan fingerprint density at radius 3 is 2.43 bits per heavy atom. The highest BCUT2D eigenvalue weighted by Crippen LogP contribution is 2.25. The molecule has 1 amide bonds. The van der Waals surface area contributed by atoms with E-state index in [0.29, 0.717) is 36.6 Å². The molecule has 2 heterocycles. The topological polar surface area (TPSA) is 97.7 Å². The first-order valence-corrected chi connectivity index (χ1v) is 15.5. The van der Waals surface area contributed by atoms with Crippen LogP contribution in [0.2, 0.25) is 0 Å². The van der Waals surface area contributed by atoms with Crippen LogP contribution < -0.4 is 9.62 Å². The molecular formula is C32H36N6O3S. The van der Waals surface area contributed by atoms with Crippen molar-refractivity contribution in [2.75, 3.05) is 56.4 Å². The lowest BCUT2D eigenvalue weighted by molar-refractivity contribution is 0.0664. The number of aliphatic imine (C=N–C) groups is 2. The minimum Gasteiger partial charge on any atom is -0.336 e. The molecule has 1 saturated heterocycles. The molecule has 0 radical (unpaired) electrons. The molecule has 2 aromatic carbocycles. The normalized spacial score (nSPS) is 17.8. The number of sulfonamides is 1. The van der Waals surface area contributed by atoms with Gasteiger partial charge in [0, 0.05) is 56.6 Å². The summed E-state index contributed by atoms with van der Waals surface area (Å²) < 4.78 is 27.8.